The van der Waals surface area contributed by atoms with E-state index >= 15 is 0 Å². The second-order valence-electron chi connectivity index (χ2n) is 6.68. The van der Waals surface area contributed by atoms with Gasteiger partial charge < -0.3 is 9.47 Å². The molecule has 1 aromatic rings. The zero-order valence-corrected chi connectivity index (χ0v) is 16.3. The highest BCUT2D eigenvalue weighted by Crippen LogP contribution is 2.32. The third-order valence-corrected chi connectivity index (χ3v) is 4.10. The summed E-state index contributed by atoms with van der Waals surface area (Å²) in [6.45, 7) is 8.66. The molecule has 0 N–H and O–H groups in total. The molecule has 0 aliphatic carbocycles. The lowest BCUT2D eigenvalue weighted by molar-refractivity contribution is -0.138. The second kappa shape index (κ2) is 8.54. The number of nitrogens with zero attached hydrogens (tertiary/aromatic N) is 2. The highest BCUT2D eigenvalue weighted by molar-refractivity contribution is 6.19. The van der Waals surface area contributed by atoms with Gasteiger partial charge in [-0.15, -0.1) is 0 Å². The van der Waals surface area contributed by atoms with E-state index in [9.17, 15) is 14.9 Å². The summed E-state index contributed by atoms with van der Waals surface area (Å²) in [5.41, 5.74) is 1.39. The Morgan fingerprint density at radius 1 is 1.19 bits per heavy atom. The van der Waals surface area contributed by atoms with Crippen LogP contribution in [-0.2, 0) is 9.59 Å². The van der Waals surface area contributed by atoms with Gasteiger partial charge in [-0.2, -0.15) is 5.26 Å². The van der Waals surface area contributed by atoms with E-state index in [4.69, 9.17) is 9.47 Å². The quantitative estimate of drug-likeness (QED) is 0.568. The first kappa shape index (κ1) is 20.2. The lowest BCUT2D eigenvalue weighted by Gasteiger charge is -2.23. The Kier molecular flexibility index (Phi) is 6.40. The van der Waals surface area contributed by atoms with Gasteiger partial charge in [0.25, 0.3) is 11.8 Å². The van der Waals surface area contributed by atoms with Crippen LogP contribution < -0.4 is 9.47 Å². The van der Waals surface area contributed by atoms with Crippen LogP contribution in [0.25, 0.3) is 6.08 Å². The molecule has 0 spiro atoms. The van der Waals surface area contributed by atoms with Crippen molar-refractivity contribution < 1.29 is 19.1 Å². The fourth-order valence-electron chi connectivity index (χ4n) is 2.62. The number of hydrogen-bond donors (Lipinski definition) is 0. The summed E-state index contributed by atoms with van der Waals surface area (Å²) in [6.07, 6.45) is 1.66. The second-order valence-corrected chi connectivity index (χ2v) is 6.68. The third kappa shape index (κ3) is 4.37. The van der Waals surface area contributed by atoms with E-state index in [2.05, 4.69) is 13.8 Å². The van der Waals surface area contributed by atoms with Crippen molar-refractivity contribution in [3.63, 3.8) is 0 Å². The maximum Gasteiger partial charge on any atom is 0.271 e. The average molecular weight is 368 g/mol. The highest BCUT2D eigenvalue weighted by Gasteiger charge is 2.32. The normalized spacial score (nSPS) is 16.2. The molecular weight excluding hydrogens is 344 g/mol. The maximum absolute atomic E-state index is 12.5. The van der Waals surface area contributed by atoms with E-state index in [0.29, 0.717) is 41.8 Å². The van der Waals surface area contributed by atoms with Crippen LogP contribution in [-0.4, -0.2) is 37.0 Å². The Labute approximate surface area is 159 Å². The monoisotopic (exact) mass is 368 g/mol. The van der Waals surface area contributed by atoms with Gasteiger partial charge in [-0.05, 0) is 49.1 Å². The molecule has 1 aromatic carbocycles. The Morgan fingerprint density at radius 3 is 2.48 bits per heavy atom. The number of nitriles is 1. The largest absolute Gasteiger partial charge is 0.490 e. The van der Waals surface area contributed by atoms with E-state index in [1.165, 1.54) is 7.05 Å². The molecule has 1 aliphatic heterocycles. The topological polar surface area (TPSA) is 79.6 Å². The summed E-state index contributed by atoms with van der Waals surface area (Å²) < 4.78 is 11.5. The van der Waals surface area contributed by atoms with Crippen molar-refractivity contribution in [1.29, 1.82) is 5.26 Å². The minimum Gasteiger partial charge on any atom is -0.490 e. The summed E-state index contributed by atoms with van der Waals surface area (Å²) in [4.78, 5) is 25.5. The van der Waals surface area contributed by atoms with Gasteiger partial charge in [0.1, 0.15) is 11.6 Å². The molecule has 0 bridgehead atoms. The van der Waals surface area contributed by atoms with E-state index < -0.39 is 11.8 Å². The van der Waals surface area contributed by atoms with Crippen molar-refractivity contribution >= 4 is 17.9 Å². The molecule has 27 heavy (non-hydrogen) atoms. The third-order valence-electron chi connectivity index (χ3n) is 4.10. The predicted octanol–water partition coefficient (Wildman–Crippen LogP) is 3.34. The summed E-state index contributed by atoms with van der Waals surface area (Å²) in [6, 6.07) is 7.29. The van der Waals surface area contributed by atoms with Crippen molar-refractivity contribution in [3.8, 4) is 17.6 Å². The van der Waals surface area contributed by atoms with Gasteiger partial charge in [0.2, 0.25) is 0 Å². The number of hydrogen-bond acceptors (Lipinski definition) is 5. The van der Waals surface area contributed by atoms with Gasteiger partial charge in [-0.1, -0.05) is 19.9 Å². The van der Waals surface area contributed by atoms with E-state index in [-0.39, 0.29) is 5.57 Å². The minimum atomic E-state index is -0.579. The van der Waals surface area contributed by atoms with Crippen molar-refractivity contribution in [2.75, 3.05) is 20.3 Å². The number of carbonyl (C=O) groups excluding carboxylic acids is 2. The molecule has 0 saturated heterocycles. The van der Waals surface area contributed by atoms with Crippen molar-refractivity contribution in [3.05, 3.63) is 40.5 Å². The summed E-state index contributed by atoms with van der Waals surface area (Å²) in [5, 5.41) is 9.24. The Balaban J connectivity index is 2.47. The molecule has 0 aromatic heterocycles. The van der Waals surface area contributed by atoms with E-state index in [1.54, 1.807) is 25.1 Å². The number of likely N-dealkylation sites (N-methyl/N-ethyl adjacent to an activating group) is 1. The minimum absolute atomic E-state index is 0.0229. The van der Waals surface area contributed by atoms with Crippen molar-refractivity contribution in [1.82, 2.24) is 4.90 Å². The van der Waals surface area contributed by atoms with Crippen LogP contribution in [0.3, 0.4) is 0 Å². The molecule has 0 saturated carbocycles. The van der Waals surface area contributed by atoms with Gasteiger partial charge in [0, 0.05) is 12.6 Å². The van der Waals surface area contributed by atoms with E-state index in [1.807, 2.05) is 19.1 Å². The molecule has 6 heteroatoms. The lowest BCUT2D eigenvalue weighted by Crippen LogP contribution is -2.39. The van der Waals surface area contributed by atoms with Gasteiger partial charge in [-0.3, -0.25) is 14.5 Å². The zero-order valence-electron chi connectivity index (χ0n) is 16.3. The molecular formula is C21H24N2O4. The molecule has 1 heterocycles. The van der Waals surface area contributed by atoms with Crippen LogP contribution in [0.4, 0.5) is 0 Å². The zero-order chi connectivity index (χ0) is 20.1. The van der Waals surface area contributed by atoms with Crippen LogP contribution in [0.15, 0.2) is 34.9 Å². The van der Waals surface area contributed by atoms with Gasteiger partial charge in [0.05, 0.1) is 13.2 Å². The Hall–Kier alpha value is -3.07. The summed E-state index contributed by atoms with van der Waals surface area (Å²) in [7, 11) is 1.37. The van der Waals surface area contributed by atoms with Gasteiger partial charge in [0.15, 0.2) is 11.5 Å². The molecule has 0 atom stereocenters. The standard InChI is InChI=1S/C21H24N2O4/c1-6-26-19-10-15(7-8-18(19)27-12-13(2)3)9-16-14(4)17(11-22)21(25)23(5)20(16)24/h7-10,13H,6,12H2,1-5H3/b16-9+. The fourth-order valence-corrected chi connectivity index (χ4v) is 2.62. The van der Waals surface area contributed by atoms with Crippen LogP contribution in [0, 0.1) is 17.2 Å². The Bertz CT molecular complexity index is 859. The first-order valence-electron chi connectivity index (χ1n) is 8.85. The predicted molar refractivity (Wildman–Crippen MR) is 102 cm³/mol. The summed E-state index contributed by atoms with van der Waals surface area (Å²) in [5.74, 6) is 0.591. The van der Waals surface area contributed by atoms with Crippen molar-refractivity contribution in [2.45, 2.75) is 27.7 Å². The molecule has 1 aliphatic rings. The molecule has 0 radical (unpaired) electrons. The maximum atomic E-state index is 12.5. The summed E-state index contributed by atoms with van der Waals surface area (Å²) >= 11 is 0. The van der Waals surface area contributed by atoms with Gasteiger partial charge >= 0.3 is 0 Å². The molecule has 6 nitrogen and oxygen atoms in total. The number of rotatable bonds is 6. The number of carbonyl (C=O) groups is 2. The molecule has 2 rings (SSSR count). The van der Waals surface area contributed by atoms with Gasteiger partial charge in [-0.25, -0.2) is 0 Å². The van der Waals surface area contributed by atoms with Crippen LogP contribution in [0.5, 0.6) is 11.5 Å². The van der Waals surface area contributed by atoms with E-state index in [0.717, 1.165) is 10.5 Å². The highest BCUT2D eigenvalue weighted by atomic mass is 16.5. The SMILES string of the molecule is CCOc1cc(/C=C2/C(=O)N(C)C(=O)C(C#N)=C2C)ccc1OCC(C)C. The Morgan fingerprint density at radius 2 is 1.89 bits per heavy atom. The van der Waals surface area contributed by atoms with Crippen molar-refractivity contribution in [2.24, 2.45) is 5.92 Å². The number of imide groups is 1. The van der Waals surface area contributed by atoms with Crippen LogP contribution >= 0.6 is 0 Å². The smallest absolute Gasteiger partial charge is 0.271 e. The fraction of sp³-hybridized carbons (Fsp3) is 0.381. The molecule has 2 amide bonds. The molecule has 0 unspecified atom stereocenters. The average Bonchev–Trinajstić information content (AvgIpc) is 2.63. The molecule has 0 fully saturated rings. The number of ether oxygens (including phenoxy) is 2. The van der Waals surface area contributed by atoms with Crippen LogP contribution in [0.1, 0.15) is 33.3 Å². The molecule has 142 valence electrons. The number of benzene rings is 1. The van der Waals surface area contributed by atoms with Crippen LogP contribution in [0.2, 0.25) is 0 Å². The first-order valence-corrected chi connectivity index (χ1v) is 8.85. The lowest BCUT2D eigenvalue weighted by atomic mass is 9.94. The number of amides is 2. The first-order chi connectivity index (χ1) is 12.8.